The van der Waals surface area contributed by atoms with Crippen LogP contribution in [0.5, 0.6) is 0 Å². The molecule has 1 aromatic carbocycles. The average molecular weight is 383 g/mol. The molecule has 2 heterocycles. The fraction of sp³-hybridized carbons (Fsp3) is 0.429. The molecule has 2 aromatic rings. The quantitative estimate of drug-likeness (QED) is 0.562. The zero-order valence-electron chi connectivity index (χ0n) is 16.2. The van der Waals surface area contributed by atoms with Crippen LogP contribution >= 0.6 is 0 Å². The van der Waals surface area contributed by atoms with Crippen LogP contribution in [0.15, 0.2) is 40.9 Å². The van der Waals surface area contributed by atoms with Gasteiger partial charge in [0.2, 0.25) is 5.91 Å². The topological polar surface area (TPSA) is 85.5 Å². The molecular formula is C21H25N3O4. The van der Waals surface area contributed by atoms with Gasteiger partial charge in [0, 0.05) is 25.1 Å². The second kappa shape index (κ2) is 9.30. The van der Waals surface area contributed by atoms with Gasteiger partial charge in [-0.05, 0) is 24.5 Å². The second-order valence-corrected chi connectivity index (χ2v) is 7.15. The Morgan fingerprint density at radius 2 is 1.96 bits per heavy atom. The number of carbonyl (C=O) groups excluding carboxylic acids is 2. The number of likely N-dealkylation sites (tertiary alicyclic amines) is 1. The number of benzene rings is 1. The Morgan fingerprint density at radius 1 is 1.25 bits per heavy atom. The third kappa shape index (κ3) is 5.28. The Hall–Kier alpha value is -2.96. The summed E-state index contributed by atoms with van der Waals surface area (Å²) in [7, 11) is 0. The van der Waals surface area contributed by atoms with Gasteiger partial charge < -0.3 is 14.2 Å². The highest BCUT2D eigenvalue weighted by molar-refractivity contribution is 5.92. The summed E-state index contributed by atoms with van der Waals surface area (Å²) in [4.78, 5) is 30.5. The van der Waals surface area contributed by atoms with Crippen LogP contribution < -0.4 is 0 Å². The molecule has 1 fully saturated rings. The van der Waals surface area contributed by atoms with Crippen molar-refractivity contribution in [3.05, 3.63) is 53.7 Å². The van der Waals surface area contributed by atoms with Gasteiger partial charge in [-0.15, -0.1) is 0 Å². The average Bonchev–Trinajstić information content (AvgIpc) is 3.20. The molecule has 0 unspecified atom stereocenters. The Labute approximate surface area is 164 Å². The third-order valence-corrected chi connectivity index (χ3v) is 4.70. The minimum atomic E-state index is -0.281. The van der Waals surface area contributed by atoms with Crippen molar-refractivity contribution in [2.45, 2.75) is 39.2 Å². The first kappa shape index (κ1) is 19.8. The highest BCUT2D eigenvalue weighted by Crippen LogP contribution is 2.20. The Bertz CT molecular complexity index is 821. The van der Waals surface area contributed by atoms with Crippen molar-refractivity contribution in [1.82, 2.24) is 15.0 Å². The molecule has 1 amide bonds. The lowest BCUT2D eigenvalue weighted by atomic mass is 9.97. The molecule has 7 heteroatoms. The van der Waals surface area contributed by atoms with E-state index >= 15 is 0 Å². The Balaban J connectivity index is 1.43. The van der Waals surface area contributed by atoms with Gasteiger partial charge in [0.1, 0.15) is 0 Å². The molecule has 1 aromatic heterocycles. The maximum Gasteiger partial charge on any atom is 0.309 e. The number of amides is 1. The summed E-state index contributed by atoms with van der Waals surface area (Å²) in [6, 6.07) is 9.68. The van der Waals surface area contributed by atoms with Crippen molar-refractivity contribution < 1.29 is 18.8 Å². The van der Waals surface area contributed by atoms with Crippen molar-refractivity contribution in [1.29, 1.82) is 0 Å². The molecule has 1 aliphatic heterocycles. The minimum Gasteiger partial charge on any atom is -0.455 e. The molecule has 0 aliphatic carbocycles. The monoisotopic (exact) mass is 383 g/mol. The Kier molecular flexibility index (Phi) is 6.57. The van der Waals surface area contributed by atoms with Gasteiger partial charge in [-0.25, -0.2) is 0 Å². The van der Waals surface area contributed by atoms with Gasteiger partial charge in [0.05, 0.1) is 5.92 Å². The van der Waals surface area contributed by atoms with Crippen LogP contribution in [-0.4, -0.2) is 40.0 Å². The van der Waals surface area contributed by atoms with Crippen LogP contribution in [-0.2, 0) is 20.9 Å². The van der Waals surface area contributed by atoms with Gasteiger partial charge in [0.15, 0.2) is 12.4 Å². The summed E-state index contributed by atoms with van der Waals surface area (Å²) in [6.45, 7) is 4.98. The zero-order chi connectivity index (χ0) is 19.9. The molecule has 0 bridgehead atoms. The minimum absolute atomic E-state index is 0.0164. The number of esters is 1. The summed E-state index contributed by atoms with van der Waals surface area (Å²) in [5.74, 6) is 0.525. The Morgan fingerprint density at radius 3 is 2.61 bits per heavy atom. The van der Waals surface area contributed by atoms with E-state index in [0.29, 0.717) is 37.6 Å². The fourth-order valence-corrected chi connectivity index (χ4v) is 2.98. The first-order valence-corrected chi connectivity index (χ1v) is 9.54. The van der Waals surface area contributed by atoms with E-state index in [9.17, 15) is 9.59 Å². The number of aromatic nitrogens is 2. The predicted octanol–water partition coefficient (Wildman–Crippen LogP) is 3.19. The summed E-state index contributed by atoms with van der Waals surface area (Å²) in [5.41, 5.74) is 0.982. The number of carbonyl (C=O) groups is 2. The van der Waals surface area contributed by atoms with Gasteiger partial charge in [-0.3, -0.25) is 9.59 Å². The van der Waals surface area contributed by atoms with E-state index in [1.807, 2.05) is 44.2 Å². The smallest absolute Gasteiger partial charge is 0.309 e. The summed E-state index contributed by atoms with van der Waals surface area (Å²) >= 11 is 0. The molecule has 1 saturated heterocycles. The second-order valence-electron chi connectivity index (χ2n) is 7.15. The maximum atomic E-state index is 12.3. The van der Waals surface area contributed by atoms with Crippen molar-refractivity contribution in [3.63, 3.8) is 0 Å². The van der Waals surface area contributed by atoms with Crippen molar-refractivity contribution in [2.75, 3.05) is 13.1 Å². The van der Waals surface area contributed by atoms with Crippen LogP contribution in [0.3, 0.4) is 0 Å². The molecule has 0 N–H and O–H groups in total. The normalized spacial score (nSPS) is 15.3. The molecule has 7 nitrogen and oxygen atoms in total. The van der Waals surface area contributed by atoms with E-state index in [-0.39, 0.29) is 30.3 Å². The van der Waals surface area contributed by atoms with Crippen LogP contribution in [0.2, 0.25) is 0 Å². The molecule has 148 valence electrons. The van der Waals surface area contributed by atoms with Crippen LogP contribution in [0, 0.1) is 5.92 Å². The molecule has 28 heavy (non-hydrogen) atoms. The summed E-state index contributed by atoms with van der Waals surface area (Å²) in [6.07, 6.45) is 4.56. The lowest BCUT2D eigenvalue weighted by Crippen LogP contribution is -2.39. The van der Waals surface area contributed by atoms with E-state index in [4.69, 9.17) is 9.26 Å². The van der Waals surface area contributed by atoms with Crippen LogP contribution in [0.25, 0.3) is 6.08 Å². The lowest BCUT2D eigenvalue weighted by molar-refractivity contribution is -0.153. The van der Waals surface area contributed by atoms with Crippen LogP contribution in [0.1, 0.15) is 49.9 Å². The molecule has 0 radical (unpaired) electrons. The van der Waals surface area contributed by atoms with Crippen molar-refractivity contribution in [2.24, 2.45) is 5.92 Å². The highest BCUT2D eigenvalue weighted by Gasteiger charge is 2.28. The molecule has 1 aliphatic rings. The number of rotatable bonds is 6. The van der Waals surface area contributed by atoms with Crippen LogP contribution in [0.4, 0.5) is 0 Å². The van der Waals surface area contributed by atoms with E-state index in [2.05, 4.69) is 10.1 Å². The number of hydrogen-bond acceptors (Lipinski definition) is 6. The molecule has 0 atom stereocenters. The largest absolute Gasteiger partial charge is 0.455 e. The zero-order valence-corrected chi connectivity index (χ0v) is 16.2. The van der Waals surface area contributed by atoms with Gasteiger partial charge in [0.25, 0.3) is 5.89 Å². The van der Waals surface area contributed by atoms with E-state index in [1.165, 1.54) is 0 Å². The van der Waals surface area contributed by atoms with Gasteiger partial charge in [-0.1, -0.05) is 49.3 Å². The molecule has 0 saturated carbocycles. The third-order valence-electron chi connectivity index (χ3n) is 4.70. The SMILES string of the molecule is CC(C)c1noc(COC(=O)C2CCN(C(=O)C=Cc3ccccc3)CC2)n1. The van der Waals surface area contributed by atoms with E-state index in [0.717, 1.165) is 5.56 Å². The fourth-order valence-electron chi connectivity index (χ4n) is 2.98. The summed E-state index contributed by atoms with van der Waals surface area (Å²) in [5, 5.41) is 3.85. The highest BCUT2D eigenvalue weighted by atomic mass is 16.6. The standard InChI is InChI=1S/C21H25N3O4/c1-15(2)20-22-18(28-23-20)14-27-21(26)17-10-12-24(13-11-17)19(25)9-8-16-6-4-3-5-7-16/h3-9,15,17H,10-14H2,1-2H3. The number of nitrogens with zero attached hydrogens (tertiary/aromatic N) is 3. The summed E-state index contributed by atoms with van der Waals surface area (Å²) < 4.78 is 10.4. The first-order valence-electron chi connectivity index (χ1n) is 9.54. The van der Waals surface area contributed by atoms with E-state index in [1.54, 1.807) is 17.1 Å². The van der Waals surface area contributed by atoms with Crippen molar-refractivity contribution in [3.8, 4) is 0 Å². The molecular weight excluding hydrogens is 358 g/mol. The molecule has 3 rings (SSSR count). The number of hydrogen-bond donors (Lipinski definition) is 0. The van der Waals surface area contributed by atoms with Crippen molar-refractivity contribution >= 4 is 18.0 Å². The lowest BCUT2D eigenvalue weighted by Gasteiger charge is -2.30. The van der Waals surface area contributed by atoms with Gasteiger partial charge in [-0.2, -0.15) is 4.98 Å². The van der Waals surface area contributed by atoms with E-state index < -0.39 is 0 Å². The number of piperidine rings is 1. The predicted molar refractivity (Wildman–Crippen MR) is 103 cm³/mol. The molecule has 0 spiro atoms. The first-order chi connectivity index (χ1) is 13.5. The maximum absolute atomic E-state index is 12.3. The van der Waals surface area contributed by atoms with Gasteiger partial charge >= 0.3 is 5.97 Å². The number of ether oxygens (including phenoxy) is 1.